The van der Waals surface area contributed by atoms with E-state index in [0.717, 1.165) is 0 Å². The molecule has 1 heterocycles. The molecule has 0 unspecified atom stereocenters. The number of nitrogens with zero attached hydrogens (tertiary/aromatic N) is 2. The van der Waals surface area contributed by atoms with Crippen molar-refractivity contribution in [3.8, 4) is 28.5 Å². The number of nitro benzene ring substituents is 1. The van der Waals surface area contributed by atoms with Gasteiger partial charge in [0.25, 0.3) is 5.69 Å². The minimum absolute atomic E-state index is 0.00382. The molecule has 8 heteroatoms. The summed E-state index contributed by atoms with van der Waals surface area (Å²) in [5, 5.41) is 10.9. The molecular weight excluding hydrogens is 448 g/mol. The molecule has 0 N–H and O–H groups in total. The van der Waals surface area contributed by atoms with Crippen LogP contribution in [0.5, 0.6) is 5.75 Å². The molecule has 0 aliphatic rings. The Bertz CT molecular complexity index is 1190. The first-order valence-corrected chi connectivity index (χ1v) is 11.5. The number of carbonyl (C=O) groups is 1. The first-order valence-electron chi connectivity index (χ1n) is 11.5. The molecule has 3 rings (SSSR count). The Labute approximate surface area is 205 Å². The molecule has 186 valence electrons. The molecule has 1 aromatic heterocycles. The van der Waals surface area contributed by atoms with Gasteiger partial charge < -0.3 is 13.9 Å². The highest BCUT2D eigenvalue weighted by molar-refractivity contribution is 5.83. The van der Waals surface area contributed by atoms with Crippen molar-refractivity contribution in [3.63, 3.8) is 0 Å². The molecule has 0 atom stereocenters. The zero-order chi connectivity index (χ0) is 26.0. The number of hydrogen-bond donors (Lipinski definition) is 0. The minimum atomic E-state index is -1.32. The van der Waals surface area contributed by atoms with Crippen LogP contribution in [0.25, 0.3) is 22.7 Å². The van der Waals surface area contributed by atoms with E-state index in [1.54, 1.807) is 25.1 Å². The van der Waals surface area contributed by atoms with E-state index < -0.39 is 27.3 Å². The number of non-ortho nitro benzene ring substituents is 1. The predicted molar refractivity (Wildman–Crippen MR) is 133 cm³/mol. The number of ether oxygens (including phenoxy) is 2. The van der Waals surface area contributed by atoms with Gasteiger partial charge in [-0.15, -0.1) is 0 Å². The molecule has 8 nitrogen and oxygen atoms in total. The third kappa shape index (κ3) is 4.92. The minimum Gasteiger partial charge on any atom is -0.474 e. The van der Waals surface area contributed by atoms with Crippen molar-refractivity contribution in [2.24, 2.45) is 10.8 Å². The third-order valence-electron chi connectivity index (χ3n) is 5.93. The van der Waals surface area contributed by atoms with Gasteiger partial charge >= 0.3 is 5.97 Å². The zero-order valence-electron chi connectivity index (χ0n) is 21.2. The van der Waals surface area contributed by atoms with Crippen LogP contribution in [-0.2, 0) is 9.53 Å². The molecule has 0 amide bonds. The van der Waals surface area contributed by atoms with Gasteiger partial charge in [0.15, 0.2) is 0 Å². The van der Waals surface area contributed by atoms with E-state index in [2.05, 4.69) is 4.98 Å². The van der Waals surface area contributed by atoms with E-state index >= 15 is 0 Å². The number of rotatable bonds is 7. The second-order valence-electron chi connectivity index (χ2n) is 10.3. The van der Waals surface area contributed by atoms with Crippen molar-refractivity contribution in [3.05, 3.63) is 64.9 Å². The van der Waals surface area contributed by atoms with Crippen molar-refractivity contribution in [1.29, 1.82) is 0 Å². The number of oxazole rings is 1. The number of carbonyl (C=O) groups excluding carboxylic acids is 1. The standard InChI is InChI=1S/C27H32N2O6/c1-8-33-24(30)27(25(2,3)4,26(5,6)7)35-22-12-10-9-11-20(22)23-28-21(17-34-23)18-13-15-19(16-14-18)29(31)32/h9-17H,8H2,1-7H3. The predicted octanol–water partition coefficient (Wildman–Crippen LogP) is 6.69. The lowest BCUT2D eigenvalue weighted by Crippen LogP contribution is -2.63. The van der Waals surface area contributed by atoms with Gasteiger partial charge in [0, 0.05) is 28.5 Å². The number of hydrogen-bond acceptors (Lipinski definition) is 7. The number of benzene rings is 2. The van der Waals surface area contributed by atoms with E-state index in [4.69, 9.17) is 13.9 Å². The summed E-state index contributed by atoms with van der Waals surface area (Å²) >= 11 is 0. The first kappa shape index (κ1) is 25.9. The normalized spacial score (nSPS) is 12.3. The van der Waals surface area contributed by atoms with E-state index in [1.165, 1.54) is 18.4 Å². The maximum absolute atomic E-state index is 13.4. The average molecular weight is 481 g/mol. The van der Waals surface area contributed by atoms with Gasteiger partial charge in [-0.2, -0.15) is 0 Å². The molecule has 0 saturated heterocycles. The largest absolute Gasteiger partial charge is 0.474 e. The van der Waals surface area contributed by atoms with Crippen LogP contribution in [-0.4, -0.2) is 28.1 Å². The van der Waals surface area contributed by atoms with Crippen molar-refractivity contribution >= 4 is 11.7 Å². The lowest BCUT2D eigenvalue weighted by atomic mass is 9.62. The lowest BCUT2D eigenvalue weighted by Gasteiger charge is -2.50. The highest BCUT2D eigenvalue weighted by Crippen LogP contribution is 2.49. The van der Waals surface area contributed by atoms with Crippen molar-refractivity contribution in [1.82, 2.24) is 4.98 Å². The molecule has 0 fully saturated rings. The Balaban J connectivity index is 2.07. The highest BCUT2D eigenvalue weighted by atomic mass is 16.6. The quantitative estimate of drug-likeness (QED) is 0.211. The molecule has 35 heavy (non-hydrogen) atoms. The Kier molecular flexibility index (Phi) is 7.06. The fraction of sp³-hybridized carbons (Fsp3) is 0.407. The molecular formula is C27H32N2O6. The summed E-state index contributed by atoms with van der Waals surface area (Å²) < 4.78 is 17.9. The first-order chi connectivity index (χ1) is 16.3. The highest BCUT2D eigenvalue weighted by Gasteiger charge is 2.60. The fourth-order valence-corrected chi connectivity index (χ4v) is 4.50. The van der Waals surface area contributed by atoms with Crippen LogP contribution in [0.2, 0.25) is 0 Å². The van der Waals surface area contributed by atoms with Gasteiger partial charge in [0.2, 0.25) is 11.5 Å². The van der Waals surface area contributed by atoms with Crippen LogP contribution in [0.3, 0.4) is 0 Å². The maximum atomic E-state index is 13.4. The molecule has 3 aromatic rings. The molecule has 0 saturated carbocycles. The fourth-order valence-electron chi connectivity index (χ4n) is 4.50. The zero-order valence-corrected chi connectivity index (χ0v) is 21.2. The van der Waals surface area contributed by atoms with Gasteiger partial charge in [-0.05, 0) is 31.2 Å². The Morgan fingerprint density at radius 3 is 2.14 bits per heavy atom. The molecule has 0 bridgehead atoms. The van der Waals surface area contributed by atoms with Gasteiger partial charge in [-0.25, -0.2) is 9.78 Å². The Morgan fingerprint density at radius 2 is 1.60 bits per heavy atom. The SMILES string of the molecule is CCOC(=O)C(Oc1ccccc1-c1nc(-c2ccc([N+](=O)[O-])cc2)co1)(C(C)(C)C)C(C)(C)C. The molecule has 0 spiro atoms. The third-order valence-corrected chi connectivity index (χ3v) is 5.93. The molecule has 0 radical (unpaired) electrons. The van der Waals surface area contributed by atoms with Crippen molar-refractivity contribution < 1.29 is 23.6 Å². The van der Waals surface area contributed by atoms with Crippen LogP contribution < -0.4 is 4.74 Å². The summed E-state index contributed by atoms with van der Waals surface area (Å²) in [5.41, 5.74) is -0.795. The van der Waals surface area contributed by atoms with Crippen LogP contribution in [0, 0.1) is 20.9 Å². The van der Waals surface area contributed by atoms with E-state index in [-0.39, 0.29) is 12.3 Å². The maximum Gasteiger partial charge on any atom is 0.351 e. The summed E-state index contributed by atoms with van der Waals surface area (Å²) in [4.78, 5) is 28.5. The van der Waals surface area contributed by atoms with Crippen molar-refractivity contribution in [2.45, 2.75) is 54.1 Å². The van der Waals surface area contributed by atoms with Crippen LogP contribution >= 0.6 is 0 Å². The second-order valence-corrected chi connectivity index (χ2v) is 10.3. The summed E-state index contributed by atoms with van der Waals surface area (Å²) in [5.74, 6) is 0.297. The van der Waals surface area contributed by atoms with Crippen LogP contribution in [0.4, 0.5) is 5.69 Å². The van der Waals surface area contributed by atoms with Gasteiger partial charge in [0.1, 0.15) is 17.7 Å². The summed E-state index contributed by atoms with van der Waals surface area (Å²) in [6.07, 6.45) is 1.49. The van der Waals surface area contributed by atoms with Crippen LogP contribution in [0.1, 0.15) is 48.5 Å². The topological polar surface area (TPSA) is 105 Å². The summed E-state index contributed by atoms with van der Waals surface area (Å²) in [6.45, 7) is 13.7. The number of esters is 1. The molecule has 2 aromatic carbocycles. The van der Waals surface area contributed by atoms with Gasteiger partial charge in [0.05, 0.1) is 17.1 Å². The van der Waals surface area contributed by atoms with E-state index in [0.29, 0.717) is 28.5 Å². The average Bonchev–Trinajstić information content (AvgIpc) is 3.26. The van der Waals surface area contributed by atoms with Crippen molar-refractivity contribution in [2.75, 3.05) is 6.61 Å². The number of para-hydroxylation sites is 1. The number of nitro groups is 1. The molecule has 0 aliphatic heterocycles. The summed E-state index contributed by atoms with van der Waals surface area (Å²) in [7, 11) is 0. The van der Waals surface area contributed by atoms with Crippen LogP contribution in [0.15, 0.2) is 59.2 Å². The lowest BCUT2D eigenvalue weighted by molar-refractivity contribution is -0.384. The second kappa shape index (κ2) is 9.52. The molecule has 0 aliphatic carbocycles. The monoisotopic (exact) mass is 480 g/mol. The number of aromatic nitrogens is 1. The summed E-state index contributed by atoms with van der Waals surface area (Å²) in [6, 6.07) is 13.3. The Hall–Kier alpha value is -3.68. The van der Waals surface area contributed by atoms with E-state index in [9.17, 15) is 14.9 Å². The van der Waals surface area contributed by atoms with Gasteiger partial charge in [-0.3, -0.25) is 10.1 Å². The van der Waals surface area contributed by atoms with Gasteiger partial charge in [-0.1, -0.05) is 53.7 Å². The smallest absolute Gasteiger partial charge is 0.351 e. The van der Waals surface area contributed by atoms with E-state index in [1.807, 2.05) is 59.7 Å². The Morgan fingerprint density at radius 1 is 1.00 bits per heavy atom.